The summed E-state index contributed by atoms with van der Waals surface area (Å²) < 4.78 is 26.8. The van der Waals surface area contributed by atoms with Crippen LogP contribution >= 0.6 is 0 Å². The normalized spacial score (nSPS) is 17.2. The van der Waals surface area contributed by atoms with Gasteiger partial charge in [-0.3, -0.25) is 9.59 Å². The van der Waals surface area contributed by atoms with E-state index < -0.39 is 12.1 Å². The molecule has 3 rings (SSSR count). The van der Waals surface area contributed by atoms with Gasteiger partial charge in [-0.05, 0) is 48.6 Å². The summed E-state index contributed by atoms with van der Waals surface area (Å²) in [5.41, 5.74) is 7.32. The van der Waals surface area contributed by atoms with Crippen molar-refractivity contribution in [3.8, 4) is 0 Å². The summed E-state index contributed by atoms with van der Waals surface area (Å²) in [6, 6.07) is 11.2. The number of amides is 2. The van der Waals surface area contributed by atoms with Crippen molar-refractivity contribution in [2.24, 2.45) is 5.73 Å². The minimum absolute atomic E-state index is 0.0517. The second-order valence-electron chi connectivity index (χ2n) is 7.35. The number of benzene rings is 2. The van der Waals surface area contributed by atoms with Gasteiger partial charge in [0.2, 0.25) is 11.8 Å². The van der Waals surface area contributed by atoms with Gasteiger partial charge in [-0.25, -0.2) is 8.78 Å². The predicted molar refractivity (Wildman–Crippen MR) is 106 cm³/mol. The number of hydrogen-bond donors (Lipinski definition) is 2. The summed E-state index contributed by atoms with van der Waals surface area (Å²) in [7, 11) is 0. The monoisotopic (exact) mass is 401 g/mol. The molecule has 154 valence electrons. The molecule has 1 aliphatic heterocycles. The Morgan fingerprint density at radius 3 is 2.59 bits per heavy atom. The third-order valence-electron chi connectivity index (χ3n) is 5.13. The third-order valence-corrected chi connectivity index (χ3v) is 5.13. The van der Waals surface area contributed by atoms with Gasteiger partial charge in [0.15, 0.2) is 0 Å². The molecule has 2 aromatic rings. The highest BCUT2D eigenvalue weighted by Gasteiger charge is 2.34. The van der Waals surface area contributed by atoms with Crippen molar-refractivity contribution in [1.29, 1.82) is 0 Å². The number of nitrogens with one attached hydrogen (secondary N) is 1. The largest absolute Gasteiger partial charge is 0.350 e. The molecule has 2 amide bonds. The molecule has 0 radical (unpaired) electrons. The first kappa shape index (κ1) is 20.9. The number of hydrogen-bond acceptors (Lipinski definition) is 3. The van der Waals surface area contributed by atoms with Crippen LogP contribution in [-0.2, 0) is 22.6 Å². The highest BCUT2D eigenvalue weighted by atomic mass is 19.1. The van der Waals surface area contributed by atoms with E-state index in [0.29, 0.717) is 18.5 Å². The van der Waals surface area contributed by atoms with Crippen molar-refractivity contribution in [3.05, 3.63) is 71.3 Å². The maximum absolute atomic E-state index is 13.8. The average molecular weight is 401 g/mol. The Balaban J connectivity index is 1.53. The number of carbonyl (C=O) groups is 2. The molecule has 1 saturated heterocycles. The van der Waals surface area contributed by atoms with Crippen molar-refractivity contribution >= 4 is 11.8 Å². The lowest BCUT2D eigenvalue weighted by Gasteiger charge is -2.25. The van der Waals surface area contributed by atoms with Crippen molar-refractivity contribution in [2.75, 3.05) is 6.54 Å². The summed E-state index contributed by atoms with van der Waals surface area (Å²) in [4.78, 5) is 26.8. The van der Waals surface area contributed by atoms with Crippen molar-refractivity contribution in [2.45, 2.75) is 44.3 Å². The molecular formula is C22H25F2N3O2. The zero-order valence-corrected chi connectivity index (χ0v) is 16.1. The van der Waals surface area contributed by atoms with E-state index in [4.69, 9.17) is 5.73 Å². The second-order valence-corrected chi connectivity index (χ2v) is 7.35. The first-order chi connectivity index (χ1) is 13.9. The maximum atomic E-state index is 13.8. The molecule has 2 aromatic carbocycles. The molecule has 0 aromatic heterocycles. The number of nitrogens with two attached hydrogens (primary N) is 1. The number of rotatable bonds is 7. The zero-order chi connectivity index (χ0) is 20.8. The van der Waals surface area contributed by atoms with Crippen molar-refractivity contribution in [3.63, 3.8) is 0 Å². The van der Waals surface area contributed by atoms with Gasteiger partial charge in [0.1, 0.15) is 17.7 Å². The Kier molecular flexibility index (Phi) is 6.93. The van der Waals surface area contributed by atoms with Gasteiger partial charge in [0.05, 0.1) is 0 Å². The van der Waals surface area contributed by atoms with Crippen molar-refractivity contribution < 1.29 is 18.4 Å². The van der Waals surface area contributed by atoms with E-state index in [1.165, 1.54) is 18.2 Å². The maximum Gasteiger partial charge on any atom is 0.243 e. The highest BCUT2D eigenvalue weighted by molar-refractivity contribution is 5.88. The molecule has 1 aliphatic rings. The van der Waals surface area contributed by atoms with Gasteiger partial charge in [-0.2, -0.15) is 0 Å². The lowest BCUT2D eigenvalue weighted by atomic mass is 10.0. The molecule has 1 heterocycles. The van der Waals surface area contributed by atoms with Crippen LogP contribution in [-0.4, -0.2) is 35.3 Å². The molecule has 1 fully saturated rings. The Morgan fingerprint density at radius 2 is 1.86 bits per heavy atom. The van der Waals surface area contributed by atoms with E-state index in [1.807, 2.05) is 0 Å². The van der Waals surface area contributed by atoms with Crippen LogP contribution in [0.2, 0.25) is 0 Å². The molecule has 7 heteroatoms. The number of carbonyl (C=O) groups excluding carboxylic acids is 2. The lowest BCUT2D eigenvalue weighted by Crippen LogP contribution is -2.47. The van der Waals surface area contributed by atoms with Crippen LogP contribution < -0.4 is 11.1 Å². The third kappa shape index (κ3) is 5.60. The van der Waals surface area contributed by atoms with Gasteiger partial charge in [-0.15, -0.1) is 0 Å². The average Bonchev–Trinajstić information content (AvgIpc) is 3.19. The smallest absolute Gasteiger partial charge is 0.243 e. The quantitative estimate of drug-likeness (QED) is 0.749. The Morgan fingerprint density at radius 1 is 1.14 bits per heavy atom. The summed E-state index contributed by atoms with van der Waals surface area (Å²) in [6.45, 7) is 0.768. The minimum atomic E-state index is -0.538. The van der Waals surface area contributed by atoms with E-state index in [9.17, 15) is 18.4 Å². The van der Waals surface area contributed by atoms with E-state index >= 15 is 0 Å². The molecule has 0 aliphatic carbocycles. The summed E-state index contributed by atoms with van der Waals surface area (Å²) >= 11 is 0. The molecular weight excluding hydrogens is 376 g/mol. The van der Waals surface area contributed by atoms with E-state index in [1.54, 1.807) is 35.2 Å². The lowest BCUT2D eigenvalue weighted by molar-refractivity contribution is -0.138. The van der Waals surface area contributed by atoms with Crippen LogP contribution in [0, 0.1) is 11.6 Å². The first-order valence-corrected chi connectivity index (χ1v) is 9.74. The van der Waals surface area contributed by atoms with Gasteiger partial charge >= 0.3 is 0 Å². The summed E-state index contributed by atoms with van der Waals surface area (Å²) in [5, 5.41) is 2.81. The SMILES string of the molecule is N[C@@H](CC(=O)N1CCC[C@H]1C(=O)NCc1ccc(F)cc1)Cc1ccccc1F. The molecule has 5 nitrogen and oxygen atoms in total. The molecule has 2 atom stereocenters. The predicted octanol–water partition coefficient (Wildman–Crippen LogP) is 2.53. The van der Waals surface area contributed by atoms with Crippen LogP contribution in [0.5, 0.6) is 0 Å². The fourth-order valence-corrected chi connectivity index (χ4v) is 3.61. The standard InChI is InChI=1S/C22H25F2N3O2/c23-17-9-7-15(8-10-17)14-26-22(29)20-6-3-11-27(20)21(28)13-18(25)12-16-4-1-2-5-19(16)24/h1-2,4-5,7-10,18,20H,3,6,11-14,25H2,(H,26,29)/t18-,20+/m1/s1. The van der Waals surface area contributed by atoms with Crippen LogP contribution in [0.3, 0.4) is 0 Å². The van der Waals surface area contributed by atoms with E-state index in [-0.39, 0.29) is 42.8 Å². The minimum Gasteiger partial charge on any atom is -0.350 e. The van der Waals surface area contributed by atoms with Gasteiger partial charge in [0.25, 0.3) is 0 Å². The van der Waals surface area contributed by atoms with Crippen LogP contribution in [0.15, 0.2) is 48.5 Å². The van der Waals surface area contributed by atoms with E-state index in [0.717, 1.165) is 12.0 Å². The molecule has 0 spiro atoms. The van der Waals surface area contributed by atoms with Gasteiger partial charge in [0, 0.05) is 25.6 Å². The molecule has 0 bridgehead atoms. The Labute approximate surface area is 168 Å². The van der Waals surface area contributed by atoms with Crippen molar-refractivity contribution in [1.82, 2.24) is 10.2 Å². The Hall–Kier alpha value is -2.80. The van der Waals surface area contributed by atoms with E-state index in [2.05, 4.69) is 5.32 Å². The molecule has 29 heavy (non-hydrogen) atoms. The van der Waals surface area contributed by atoms with Crippen LogP contribution in [0.4, 0.5) is 8.78 Å². The molecule has 3 N–H and O–H groups in total. The zero-order valence-electron chi connectivity index (χ0n) is 16.1. The highest BCUT2D eigenvalue weighted by Crippen LogP contribution is 2.20. The number of halogens is 2. The number of likely N-dealkylation sites (tertiary alicyclic amines) is 1. The van der Waals surface area contributed by atoms with Crippen LogP contribution in [0.1, 0.15) is 30.4 Å². The van der Waals surface area contributed by atoms with Crippen LogP contribution in [0.25, 0.3) is 0 Å². The van der Waals surface area contributed by atoms with Gasteiger partial charge in [-0.1, -0.05) is 30.3 Å². The fraction of sp³-hybridized carbons (Fsp3) is 0.364. The number of nitrogens with zero attached hydrogens (tertiary/aromatic N) is 1. The summed E-state index contributed by atoms with van der Waals surface area (Å²) in [5.74, 6) is -1.11. The first-order valence-electron chi connectivity index (χ1n) is 9.74. The molecule has 0 unspecified atom stereocenters. The topological polar surface area (TPSA) is 75.4 Å². The molecule has 0 saturated carbocycles. The summed E-state index contributed by atoms with van der Waals surface area (Å²) in [6.07, 6.45) is 1.64. The van der Waals surface area contributed by atoms with Gasteiger partial charge < -0.3 is 16.0 Å². The Bertz CT molecular complexity index is 857. The fourth-order valence-electron chi connectivity index (χ4n) is 3.61. The second kappa shape index (κ2) is 9.60.